The number of halogens is 3. The summed E-state index contributed by atoms with van der Waals surface area (Å²) in [6.07, 6.45) is -3.40. The monoisotopic (exact) mass is 295 g/mol. The fourth-order valence-corrected chi connectivity index (χ4v) is 1.19. The van der Waals surface area contributed by atoms with Gasteiger partial charge in [0.2, 0.25) is 11.8 Å². The third-order valence-corrected chi connectivity index (χ3v) is 1.99. The number of nitro groups is 1. The summed E-state index contributed by atoms with van der Waals surface area (Å²) in [5, 5.41) is 15.8. The molecule has 0 spiro atoms. The van der Waals surface area contributed by atoms with E-state index in [1.165, 1.54) is 7.05 Å². The smallest absolute Gasteiger partial charge is 0.370 e. The average molecular weight is 295 g/mol. The normalized spacial score (nSPS) is 11.2. The highest BCUT2D eigenvalue weighted by Gasteiger charge is 2.27. The van der Waals surface area contributed by atoms with Crippen LogP contribution in [0.5, 0.6) is 0 Å². The van der Waals surface area contributed by atoms with Crippen LogP contribution in [-0.4, -0.2) is 47.9 Å². The largest absolute Gasteiger partial charge is 0.411 e. The standard InChI is InChI=1S/C9H12F3N5O3/c1-13-8-15-4-6(17(18)19)7(16-8)14-2-3-20-5-9(10,11)12/h4H,2-3,5H2,1H3,(H2,13,14,15,16). The molecule has 112 valence electrons. The first-order valence-electron chi connectivity index (χ1n) is 5.41. The molecule has 20 heavy (non-hydrogen) atoms. The second-order valence-corrected chi connectivity index (χ2v) is 3.53. The summed E-state index contributed by atoms with van der Waals surface area (Å²) >= 11 is 0. The fourth-order valence-electron chi connectivity index (χ4n) is 1.19. The maximum Gasteiger partial charge on any atom is 0.411 e. The SMILES string of the molecule is CNc1ncc([N+](=O)[O-])c(NCCOCC(F)(F)F)n1. The van der Waals surface area contributed by atoms with Crippen molar-refractivity contribution in [1.82, 2.24) is 9.97 Å². The summed E-state index contributed by atoms with van der Waals surface area (Å²) in [6, 6.07) is 0. The van der Waals surface area contributed by atoms with E-state index in [0.29, 0.717) is 0 Å². The lowest BCUT2D eigenvalue weighted by Crippen LogP contribution is -2.20. The van der Waals surface area contributed by atoms with Gasteiger partial charge in [-0.25, -0.2) is 4.98 Å². The van der Waals surface area contributed by atoms with Gasteiger partial charge in [-0.05, 0) is 0 Å². The van der Waals surface area contributed by atoms with Crippen LogP contribution in [-0.2, 0) is 4.74 Å². The Kier molecular flexibility index (Phi) is 5.43. The Balaban J connectivity index is 2.55. The van der Waals surface area contributed by atoms with Crippen LogP contribution in [0.4, 0.5) is 30.6 Å². The van der Waals surface area contributed by atoms with Crippen LogP contribution in [0.1, 0.15) is 0 Å². The van der Waals surface area contributed by atoms with Gasteiger partial charge < -0.3 is 15.4 Å². The number of ether oxygens (including phenoxy) is 1. The van der Waals surface area contributed by atoms with Gasteiger partial charge in [0, 0.05) is 13.6 Å². The molecule has 8 nitrogen and oxygen atoms in total. The van der Waals surface area contributed by atoms with Crippen LogP contribution in [0, 0.1) is 10.1 Å². The number of hydrogen-bond donors (Lipinski definition) is 2. The molecule has 0 amide bonds. The van der Waals surface area contributed by atoms with E-state index in [1.807, 2.05) is 0 Å². The Morgan fingerprint density at radius 1 is 1.50 bits per heavy atom. The van der Waals surface area contributed by atoms with E-state index < -0.39 is 17.7 Å². The van der Waals surface area contributed by atoms with E-state index in [0.717, 1.165) is 6.20 Å². The predicted octanol–water partition coefficient (Wildman–Crippen LogP) is 1.42. The molecule has 1 aromatic rings. The zero-order valence-corrected chi connectivity index (χ0v) is 10.4. The lowest BCUT2D eigenvalue weighted by atomic mass is 10.4. The maximum atomic E-state index is 11.8. The molecule has 0 saturated carbocycles. The van der Waals surface area contributed by atoms with E-state index in [-0.39, 0.29) is 30.6 Å². The quantitative estimate of drug-likeness (QED) is 0.445. The Bertz CT molecular complexity index is 469. The van der Waals surface area contributed by atoms with E-state index >= 15 is 0 Å². The third-order valence-electron chi connectivity index (χ3n) is 1.99. The van der Waals surface area contributed by atoms with E-state index in [1.54, 1.807) is 0 Å². The zero-order valence-electron chi connectivity index (χ0n) is 10.4. The van der Waals surface area contributed by atoms with Crippen molar-refractivity contribution in [1.29, 1.82) is 0 Å². The molecule has 0 atom stereocenters. The number of anilines is 2. The molecular weight excluding hydrogens is 283 g/mol. The fraction of sp³-hybridized carbons (Fsp3) is 0.556. The van der Waals surface area contributed by atoms with Crippen LogP contribution in [0.2, 0.25) is 0 Å². The Morgan fingerprint density at radius 2 is 2.20 bits per heavy atom. The number of rotatable bonds is 7. The topological polar surface area (TPSA) is 102 Å². The summed E-state index contributed by atoms with van der Waals surface area (Å²) in [4.78, 5) is 17.5. The Morgan fingerprint density at radius 3 is 2.75 bits per heavy atom. The number of alkyl halides is 3. The first kappa shape index (κ1) is 15.9. The molecule has 2 N–H and O–H groups in total. The third kappa shape index (κ3) is 5.22. The van der Waals surface area contributed by atoms with Gasteiger partial charge in [-0.3, -0.25) is 10.1 Å². The minimum Gasteiger partial charge on any atom is -0.370 e. The molecule has 0 radical (unpaired) electrons. The van der Waals surface area contributed by atoms with Gasteiger partial charge >= 0.3 is 11.9 Å². The molecule has 0 fully saturated rings. The summed E-state index contributed by atoms with van der Waals surface area (Å²) in [5.41, 5.74) is -0.375. The van der Waals surface area contributed by atoms with Crippen LogP contribution in [0.25, 0.3) is 0 Å². The predicted molar refractivity (Wildman–Crippen MR) is 63.6 cm³/mol. The van der Waals surface area contributed by atoms with E-state index in [4.69, 9.17) is 0 Å². The molecule has 0 aliphatic rings. The minimum absolute atomic E-state index is 0.0584. The van der Waals surface area contributed by atoms with Gasteiger partial charge in [0.15, 0.2) is 0 Å². The molecule has 1 heterocycles. The molecule has 1 rings (SSSR count). The van der Waals surface area contributed by atoms with Crippen molar-refractivity contribution in [2.24, 2.45) is 0 Å². The number of hydrogen-bond acceptors (Lipinski definition) is 7. The van der Waals surface area contributed by atoms with E-state index in [9.17, 15) is 23.3 Å². The second-order valence-electron chi connectivity index (χ2n) is 3.53. The number of nitrogens with one attached hydrogen (secondary N) is 2. The molecule has 11 heteroatoms. The minimum atomic E-state index is -4.40. The van der Waals surface area contributed by atoms with Gasteiger partial charge in [-0.2, -0.15) is 18.2 Å². The van der Waals surface area contributed by atoms with Crippen molar-refractivity contribution < 1.29 is 22.8 Å². The second kappa shape index (κ2) is 6.84. The molecule has 0 aliphatic heterocycles. The highest BCUT2D eigenvalue weighted by atomic mass is 19.4. The molecule has 0 aliphatic carbocycles. The Labute approximate surface area is 111 Å². The van der Waals surface area contributed by atoms with Crippen molar-refractivity contribution in [3.8, 4) is 0 Å². The lowest BCUT2D eigenvalue weighted by molar-refractivity contribution is -0.384. The van der Waals surface area contributed by atoms with Gasteiger partial charge in [-0.15, -0.1) is 0 Å². The first-order chi connectivity index (χ1) is 9.33. The van der Waals surface area contributed by atoms with Crippen molar-refractivity contribution >= 4 is 17.5 Å². The van der Waals surface area contributed by atoms with Gasteiger partial charge in [0.1, 0.15) is 12.8 Å². The highest BCUT2D eigenvalue weighted by molar-refractivity contribution is 5.56. The van der Waals surface area contributed by atoms with Crippen LogP contribution in [0.15, 0.2) is 6.20 Å². The molecule has 0 bridgehead atoms. The molecule has 0 unspecified atom stereocenters. The lowest BCUT2D eigenvalue weighted by Gasteiger charge is -2.09. The van der Waals surface area contributed by atoms with Crippen molar-refractivity contribution in [2.45, 2.75) is 6.18 Å². The first-order valence-corrected chi connectivity index (χ1v) is 5.41. The molecule has 0 saturated heterocycles. The van der Waals surface area contributed by atoms with Crippen molar-refractivity contribution in [3.05, 3.63) is 16.3 Å². The summed E-state index contributed by atoms with van der Waals surface area (Å²) in [6.45, 7) is -1.70. The Hall–Kier alpha value is -2.17. The van der Waals surface area contributed by atoms with Crippen LogP contribution < -0.4 is 10.6 Å². The van der Waals surface area contributed by atoms with Gasteiger partial charge in [0.25, 0.3) is 0 Å². The van der Waals surface area contributed by atoms with Crippen molar-refractivity contribution in [2.75, 3.05) is 37.4 Å². The summed E-state index contributed by atoms with van der Waals surface area (Å²) in [5.74, 6) is 0.0549. The number of aromatic nitrogens is 2. The summed E-state index contributed by atoms with van der Waals surface area (Å²) < 4.78 is 39.8. The van der Waals surface area contributed by atoms with Gasteiger partial charge in [-0.1, -0.05) is 0 Å². The molecular formula is C9H12F3N5O3. The van der Waals surface area contributed by atoms with Crippen LogP contribution in [0.3, 0.4) is 0 Å². The molecule has 1 aromatic heterocycles. The molecule has 0 aromatic carbocycles. The number of nitrogens with zero attached hydrogens (tertiary/aromatic N) is 3. The maximum absolute atomic E-state index is 11.8. The van der Waals surface area contributed by atoms with Crippen LogP contribution >= 0.6 is 0 Å². The zero-order chi connectivity index (χ0) is 15.2. The summed E-state index contributed by atoms with van der Waals surface area (Å²) in [7, 11) is 1.53. The van der Waals surface area contributed by atoms with Crippen molar-refractivity contribution in [3.63, 3.8) is 0 Å². The highest BCUT2D eigenvalue weighted by Crippen LogP contribution is 2.21. The van der Waals surface area contributed by atoms with Gasteiger partial charge in [0.05, 0.1) is 11.5 Å². The van der Waals surface area contributed by atoms with E-state index in [2.05, 4.69) is 25.3 Å². The average Bonchev–Trinajstić information content (AvgIpc) is 2.36.